The predicted molar refractivity (Wildman–Crippen MR) is 93.3 cm³/mol. The average Bonchev–Trinajstić information content (AvgIpc) is 3.04. The van der Waals surface area contributed by atoms with Gasteiger partial charge in [0.1, 0.15) is 11.9 Å². The van der Waals surface area contributed by atoms with Crippen LogP contribution in [0.3, 0.4) is 0 Å². The van der Waals surface area contributed by atoms with Gasteiger partial charge < -0.3 is 20.1 Å². The summed E-state index contributed by atoms with van der Waals surface area (Å²) in [6.07, 6.45) is 3.90. The number of nitrogens with one attached hydrogen (secondary N) is 2. The fourth-order valence-electron chi connectivity index (χ4n) is 3.70. The third-order valence-electron chi connectivity index (χ3n) is 4.87. The van der Waals surface area contributed by atoms with Crippen LogP contribution in [0.15, 0.2) is 24.3 Å². The number of hydrogen-bond acceptors (Lipinski definition) is 4. The van der Waals surface area contributed by atoms with E-state index in [0.717, 1.165) is 32.1 Å². The van der Waals surface area contributed by atoms with Crippen LogP contribution in [0.5, 0.6) is 5.75 Å². The molecule has 0 aromatic heterocycles. The summed E-state index contributed by atoms with van der Waals surface area (Å²) in [4.78, 5) is 0. The molecule has 0 bridgehead atoms. The van der Waals surface area contributed by atoms with Gasteiger partial charge in [0, 0.05) is 25.2 Å². The highest BCUT2D eigenvalue weighted by Crippen LogP contribution is 2.29. The average molecular weight is 339 g/mol. The molecule has 1 aromatic rings. The number of ether oxygens (including phenoxy) is 2. The van der Waals surface area contributed by atoms with Crippen LogP contribution in [-0.4, -0.2) is 44.5 Å². The number of morpholine rings is 1. The maximum atomic E-state index is 6.15. The number of rotatable bonds is 6. The maximum absolute atomic E-state index is 6.15. The zero-order valence-corrected chi connectivity index (χ0v) is 14.5. The van der Waals surface area contributed by atoms with Crippen LogP contribution in [0.2, 0.25) is 5.02 Å². The van der Waals surface area contributed by atoms with Crippen molar-refractivity contribution in [3.05, 3.63) is 29.3 Å². The molecule has 4 unspecified atom stereocenters. The van der Waals surface area contributed by atoms with E-state index in [-0.39, 0.29) is 6.10 Å². The summed E-state index contributed by atoms with van der Waals surface area (Å²) in [6, 6.07) is 8.68. The molecule has 0 amide bonds. The molecule has 4 atom stereocenters. The normalized spacial score (nSPS) is 29.4. The lowest BCUT2D eigenvalue weighted by Crippen LogP contribution is -2.51. The van der Waals surface area contributed by atoms with E-state index in [1.807, 2.05) is 24.3 Å². The number of para-hydroxylation sites is 1. The topological polar surface area (TPSA) is 42.5 Å². The van der Waals surface area contributed by atoms with Gasteiger partial charge in [-0.1, -0.05) is 30.2 Å². The SMILES string of the molecule is CC(CNC1CCCC1C1COCCN1)Oc1ccccc1Cl. The van der Waals surface area contributed by atoms with Crippen molar-refractivity contribution >= 4 is 11.6 Å². The first-order chi connectivity index (χ1) is 11.2. The maximum Gasteiger partial charge on any atom is 0.138 e. The first-order valence-corrected chi connectivity index (χ1v) is 9.07. The Bertz CT molecular complexity index is 494. The Labute approximate surface area is 143 Å². The zero-order chi connectivity index (χ0) is 16.1. The molecule has 1 aromatic carbocycles. The van der Waals surface area contributed by atoms with Crippen LogP contribution < -0.4 is 15.4 Å². The molecule has 23 heavy (non-hydrogen) atoms. The number of benzene rings is 1. The van der Waals surface area contributed by atoms with Gasteiger partial charge in [0.25, 0.3) is 0 Å². The van der Waals surface area contributed by atoms with Crippen molar-refractivity contribution in [3.63, 3.8) is 0 Å². The van der Waals surface area contributed by atoms with Gasteiger partial charge in [-0.25, -0.2) is 0 Å². The molecule has 2 aliphatic rings. The van der Waals surface area contributed by atoms with E-state index >= 15 is 0 Å². The van der Waals surface area contributed by atoms with E-state index < -0.39 is 0 Å². The zero-order valence-electron chi connectivity index (χ0n) is 13.8. The minimum Gasteiger partial charge on any atom is -0.488 e. The molecule has 1 saturated carbocycles. The molecule has 1 aliphatic carbocycles. The molecule has 5 heteroatoms. The summed E-state index contributed by atoms with van der Waals surface area (Å²) in [5, 5.41) is 7.99. The smallest absolute Gasteiger partial charge is 0.138 e. The van der Waals surface area contributed by atoms with E-state index in [1.54, 1.807) is 0 Å². The molecule has 1 aliphatic heterocycles. The standard InChI is InChI=1S/C18H27ClN2O2/c1-13(23-18-8-3-2-6-15(18)19)11-21-16-7-4-5-14(16)17-12-22-10-9-20-17/h2-3,6,8,13-14,16-17,20-21H,4-5,7,9-12H2,1H3. The minimum absolute atomic E-state index is 0.0896. The van der Waals surface area contributed by atoms with Crippen molar-refractivity contribution < 1.29 is 9.47 Å². The van der Waals surface area contributed by atoms with Gasteiger partial charge in [0.05, 0.1) is 18.2 Å². The summed E-state index contributed by atoms with van der Waals surface area (Å²) in [6.45, 7) is 5.57. The molecule has 1 saturated heterocycles. The Morgan fingerprint density at radius 1 is 1.39 bits per heavy atom. The molecule has 3 rings (SSSR count). The van der Waals surface area contributed by atoms with E-state index in [0.29, 0.717) is 23.0 Å². The van der Waals surface area contributed by atoms with Gasteiger partial charge in [-0.2, -0.15) is 0 Å². The molecule has 0 spiro atoms. The van der Waals surface area contributed by atoms with Crippen molar-refractivity contribution in [1.29, 1.82) is 0 Å². The third-order valence-corrected chi connectivity index (χ3v) is 5.18. The highest BCUT2D eigenvalue weighted by atomic mass is 35.5. The first kappa shape index (κ1) is 17.0. The number of halogens is 1. The Morgan fingerprint density at radius 3 is 3.04 bits per heavy atom. The summed E-state index contributed by atoms with van der Waals surface area (Å²) in [5.74, 6) is 1.41. The van der Waals surface area contributed by atoms with Crippen molar-refractivity contribution in [2.24, 2.45) is 5.92 Å². The van der Waals surface area contributed by atoms with Gasteiger partial charge in [-0.15, -0.1) is 0 Å². The van der Waals surface area contributed by atoms with Crippen LogP contribution >= 0.6 is 11.6 Å². The van der Waals surface area contributed by atoms with Crippen molar-refractivity contribution in [2.75, 3.05) is 26.3 Å². The molecule has 0 radical (unpaired) electrons. The lowest BCUT2D eigenvalue weighted by Gasteiger charge is -2.33. The molecular weight excluding hydrogens is 312 g/mol. The van der Waals surface area contributed by atoms with E-state index in [2.05, 4.69) is 17.6 Å². The van der Waals surface area contributed by atoms with Crippen molar-refractivity contribution in [1.82, 2.24) is 10.6 Å². The molecule has 2 fully saturated rings. The second-order valence-electron chi connectivity index (χ2n) is 6.60. The van der Waals surface area contributed by atoms with Crippen LogP contribution in [0.4, 0.5) is 0 Å². The summed E-state index contributed by atoms with van der Waals surface area (Å²) in [7, 11) is 0. The molecule has 1 heterocycles. The first-order valence-electron chi connectivity index (χ1n) is 8.69. The van der Waals surface area contributed by atoms with Gasteiger partial charge in [-0.05, 0) is 37.8 Å². The van der Waals surface area contributed by atoms with Gasteiger partial charge >= 0.3 is 0 Å². The Hall–Kier alpha value is -0.810. The van der Waals surface area contributed by atoms with Crippen LogP contribution in [0.25, 0.3) is 0 Å². The Morgan fingerprint density at radius 2 is 2.26 bits per heavy atom. The van der Waals surface area contributed by atoms with E-state index in [4.69, 9.17) is 21.1 Å². The second-order valence-corrected chi connectivity index (χ2v) is 7.01. The molecular formula is C18H27ClN2O2. The van der Waals surface area contributed by atoms with Gasteiger partial charge in [-0.3, -0.25) is 0 Å². The lowest BCUT2D eigenvalue weighted by molar-refractivity contribution is 0.0518. The van der Waals surface area contributed by atoms with Crippen molar-refractivity contribution in [3.8, 4) is 5.75 Å². The fourth-order valence-corrected chi connectivity index (χ4v) is 3.88. The largest absolute Gasteiger partial charge is 0.488 e. The van der Waals surface area contributed by atoms with Crippen LogP contribution in [0.1, 0.15) is 26.2 Å². The second kappa shape index (κ2) is 8.34. The Balaban J connectivity index is 1.48. The number of hydrogen-bond donors (Lipinski definition) is 2. The highest BCUT2D eigenvalue weighted by Gasteiger charge is 2.34. The lowest BCUT2D eigenvalue weighted by atomic mass is 9.94. The molecule has 128 valence electrons. The quantitative estimate of drug-likeness (QED) is 0.837. The van der Waals surface area contributed by atoms with Crippen molar-refractivity contribution in [2.45, 2.75) is 44.4 Å². The summed E-state index contributed by atoms with van der Waals surface area (Å²) < 4.78 is 11.6. The summed E-state index contributed by atoms with van der Waals surface area (Å²) >= 11 is 6.15. The highest BCUT2D eigenvalue weighted by molar-refractivity contribution is 6.32. The van der Waals surface area contributed by atoms with Crippen LogP contribution in [-0.2, 0) is 4.74 Å². The minimum atomic E-state index is 0.0896. The van der Waals surface area contributed by atoms with Gasteiger partial charge in [0.2, 0.25) is 0 Å². The third kappa shape index (κ3) is 4.60. The molecule has 2 N–H and O–H groups in total. The van der Waals surface area contributed by atoms with E-state index in [9.17, 15) is 0 Å². The molecule has 4 nitrogen and oxygen atoms in total. The fraction of sp³-hybridized carbons (Fsp3) is 0.667. The monoisotopic (exact) mass is 338 g/mol. The Kier molecular flexibility index (Phi) is 6.17. The van der Waals surface area contributed by atoms with E-state index in [1.165, 1.54) is 19.3 Å². The van der Waals surface area contributed by atoms with Gasteiger partial charge in [0.15, 0.2) is 0 Å². The predicted octanol–water partition coefficient (Wildman–Crippen LogP) is 2.85. The summed E-state index contributed by atoms with van der Waals surface area (Å²) in [5.41, 5.74) is 0. The van der Waals surface area contributed by atoms with Crippen LogP contribution in [0, 0.1) is 5.92 Å².